The van der Waals surface area contributed by atoms with Crippen LogP contribution in [-0.4, -0.2) is 23.0 Å². The molecule has 8 heteroatoms. The molecule has 0 aliphatic heterocycles. The first-order valence-corrected chi connectivity index (χ1v) is 6.36. The molecule has 118 valence electrons. The van der Waals surface area contributed by atoms with Gasteiger partial charge in [-0.2, -0.15) is 13.2 Å². The Bertz CT molecular complexity index is 509. The number of rotatable bonds is 4. The monoisotopic (exact) mass is 304 g/mol. The second-order valence-electron chi connectivity index (χ2n) is 5.63. The molecule has 0 bridgehead atoms. The first-order chi connectivity index (χ1) is 9.49. The molecule has 4 N–H and O–H groups in total. The summed E-state index contributed by atoms with van der Waals surface area (Å²) in [6.07, 6.45) is -3.46. The number of nitrogen functional groups attached to an aromatic ring is 1. The Labute approximate surface area is 121 Å². The van der Waals surface area contributed by atoms with E-state index in [0.717, 1.165) is 12.3 Å². The number of amides is 1. The predicted octanol–water partition coefficient (Wildman–Crippen LogP) is 2.40. The van der Waals surface area contributed by atoms with Gasteiger partial charge in [0.25, 0.3) is 0 Å². The van der Waals surface area contributed by atoms with E-state index in [1.54, 1.807) is 0 Å². The summed E-state index contributed by atoms with van der Waals surface area (Å²) < 4.78 is 37.6. The van der Waals surface area contributed by atoms with Crippen molar-refractivity contribution in [1.29, 1.82) is 0 Å². The Kier molecular flexibility index (Phi) is 5.03. The summed E-state index contributed by atoms with van der Waals surface area (Å²) in [4.78, 5) is 14.8. The van der Waals surface area contributed by atoms with E-state index in [1.807, 2.05) is 20.8 Å². The lowest BCUT2D eigenvalue weighted by Gasteiger charge is -2.20. The van der Waals surface area contributed by atoms with Gasteiger partial charge in [-0.15, -0.1) is 0 Å². The van der Waals surface area contributed by atoms with Crippen LogP contribution in [0.25, 0.3) is 0 Å². The van der Waals surface area contributed by atoms with Gasteiger partial charge in [-0.05, 0) is 26.8 Å². The van der Waals surface area contributed by atoms with E-state index in [0.29, 0.717) is 0 Å². The van der Waals surface area contributed by atoms with Crippen LogP contribution in [0.3, 0.4) is 0 Å². The maximum absolute atomic E-state index is 12.5. The number of nitrogens with two attached hydrogens (primary N) is 1. The van der Waals surface area contributed by atoms with E-state index in [2.05, 4.69) is 15.6 Å². The molecule has 1 amide bonds. The SMILES string of the molecule is CC(C)(C)NC(=O)CCNc1cc(C(F)(F)F)ncc1N. The molecule has 21 heavy (non-hydrogen) atoms. The first kappa shape index (κ1) is 17.1. The number of carbonyl (C=O) groups is 1. The molecule has 1 heterocycles. The smallest absolute Gasteiger partial charge is 0.396 e. The minimum atomic E-state index is -4.53. The predicted molar refractivity (Wildman–Crippen MR) is 74.7 cm³/mol. The Hall–Kier alpha value is -1.99. The van der Waals surface area contributed by atoms with Crippen LogP contribution in [0.5, 0.6) is 0 Å². The number of pyridine rings is 1. The van der Waals surface area contributed by atoms with Gasteiger partial charge in [-0.3, -0.25) is 4.79 Å². The van der Waals surface area contributed by atoms with Crippen molar-refractivity contribution >= 4 is 17.3 Å². The maximum atomic E-state index is 12.5. The number of hydrogen-bond acceptors (Lipinski definition) is 4. The van der Waals surface area contributed by atoms with Crippen molar-refractivity contribution in [3.63, 3.8) is 0 Å². The van der Waals surface area contributed by atoms with Crippen molar-refractivity contribution in [2.24, 2.45) is 0 Å². The molecule has 1 aromatic rings. The molecule has 0 unspecified atom stereocenters. The van der Waals surface area contributed by atoms with Crippen molar-refractivity contribution in [2.75, 3.05) is 17.6 Å². The van der Waals surface area contributed by atoms with Crippen LogP contribution in [-0.2, 0) is 11.0 Å². The van der Waals surface area contributed by atoms with E-state index < -0.39 is 11.9 Å². The van der Waals surface area contributed by atoms with Crippen molar-refractivity contribution in [3.05, 3.63) is 18.0 Å². The third-order valence-corrected chi connectivity index (χ3v) is 2.41. The molecule has 0 spiro atoms. The second kappa shape index (κ2) is 6.19. The van der Waals surface area contributed by atoms with E-state index in [1.165, 1.54) is 0 Å². The molecule has 0 radical (unpaired) electrons. The highest BCUT2D eigenvalue weighted by atomic mass is 19.4. The van der Waals surface area contributed by atoms with Gasteiger partial charge in [-0.25, -0.2) is 4.98 Å². The third kappa shape index (κ3) is 5.88. The van der Waals surface area contributed by atoms with E-state index >= 15 is 0 Å². The molecule has 0 atom stereocenters. The van der Waals surface area contributed by atoms with Crippen LogP contribution in [0.4, 0.5) is 24.5 Å². The summed E-state index contributed by atoms with van der Waals surface area (Å²) in [7, 11) is 0. The fourth-order valence-corrected chi connectivity index (χ4v) is 1.57. The highest BCUT2D eigenvalue weighted by Gasteiger charge is 2.32. The number of hydrogen-bond donors (Lipinski definition) is 3. The van der Waals surface area contributed by atoms with Gasteiger partial charge in [-0.1, -0.05) is 0 Å². The number of carbonyl (C=O) groups excluding carboxylic acids is 1. The van der Waals surface area contributed by atoms with Gasteiger partial charge in [0.2, 0.25) is 5.91 Å². The molecule has 0 saturated carbocycles. The van der Waals surface area contributed by atoms with Crippen LogP contribution in [0.15, 0.2) is 12.3 Å². The molecule has 0 aromatic carbocycles. The van der Waals surface area contributed by atoms with Crippen LogP contribution >= 0.6 is 0 Å². The molecule has 0 aliphatic rings. The van der Waals surface area contributed by atoms with Gasteiger partial charge >= 0.3 is 6.18 Å². The second-order valence-corrected chi connectivity index (χ2v) is 5.63. The van der Waals surface area contributed by atoms with Gasteiger partial charge < -0.3 is 16.4 Å². The van der Waals surface area contributed by atoms with E-state index in [9.17, 15) is 18.0 Å². The lowest BCUT2D eigenvalue weighted by Crippen LogP contribution is -2.41. The minimum Gasteiger partial charge on any atom is -0.396 e. The van der Waals surface area contributed by atoms with Crippen LogP contribution in [0.1, 0.15) is 32.9 Å². The summed E-state index contributed by atoms with van der Waals surface area (Å²) in [5, 5.41) is 5.47. The summed E-state index contributed by atoms with van der Waals surface area (Å²) in [6, 6.07) is 0.830. The Morgan fingerprint density at radius 2 is 1.95 bits per heavy atom. The lowest BCUT2D eigenvalue weighted by atomic mass is 10.1. The number of alkyl halides is 3. The zero-order valence-electron chi connectivity index (χ0n) is 12.1. The van der Waals surface area contributed by atoms with Crippen LogP contribution in [0, 0.1) is 0 Å². The molecular formula is C13H19F3N4O. The molecule has 1 rings (SSSR count). The number of nitrogens with zero attached hydrogens (tertiary/aromatic N) is 1. The summed E-state index contributed by atoms with van der Waals surface area (Å²) in [6.45, 7) is 5.70. The number of nitrogens with one attached hydrogen (secondary N) is 2. The third-order valence-electron chi connectivity index (χ3n) is 2.41. The molecule has 0 fully saturated rings. The number of anilines is 2. The molecule has 0 saturated heterocycles. The van der Waals surface area contributed by atoms with E-state index in [4.69, 9.17) is 5.73 Å². The van der Waals surface area contributed by atoms with Crippen molar-refractivity contribution < 1.29 is 18.0 Å². The number of halogens is 3. The average molecular weight is 304 g/mol. The highest BCUT2D eigenvalue weighted by Crippen LogP contribution is 2.30. The number of aromatic nitrogens is 1. The maximum Gasteiger partial charge on any atom is 0.433 e. The fourth-order valence-electron chi connectivity index (χ4n) is 1.57. The van der Waals surface area contributed by atoms with Gasteiger partial charge in [0.15, 0.2) is 0 Å². The average Bonchev–Trinajstić information content (AvgIpc) is 2.27. The van der Waals surface area contributed by atoms with E-state index in [-0.39, 0.29) is 35.8 Å². The normalized spacial score (nSPS) is 12.1. The van der Waals surface area contributed by atoms with Crippen LogP contribution < -0.4 is 16.4 Å². The highest BCUT2D eigenvalue weighted by molar-refractivity contribution is 5.77. The van der Waals surface area contributed by atoms with Crippen molar-refractivity contribution in [1.82, 2.24) is 10.3 Å². The summed E-state index contributed by atoms with van der Waals surface area (Å²) in [5.74, 6) is -0.196. The topological polar surface area (TPSA) is 80.0 Å². The zero-order chi connectivity index (χ0) is 16.3. The lowest BCUT2D eigenvalue weighted by molar-refractivity contribution is -0.141. The van der Waals surface area contributed by atoms with Crippen LogP contribution in [0.2, 0.25) is 0 Å². The molecule has 1 aromatic heterocycles. The Morgan fingerprint density at radius 1 is 1.33 bits per heavy atom. The Balaban J connectivity index is 2.62. The summed E-state index contributed by atoms with van der Waals surface area (Å²) in [5.41, 5.74) is 4.39. The van der Waals surface area contributed by atoms with Crippen molar-refractivity contribution in [2.45, 2.75) is 38.9 Å². The first-order valence-electron chi connectivity index (χ1n) is 6.36. The fraction of sp³-hybridized carbons (Fsp3) is 0.538. The van der Waals surface area contributed by atoms with Gasteiger partial charge in [0.05, 0.1) is 17.6 Å². The summed E-state index contributed by atoms with van der Waals surface area (Å²) >= 11 is 0. The minimum absolute atomic E-state index is 0.0965. The molecular weight excluding hydrogens is 285 g/mol. The largest absolute Gasteiger partial charge is 0.433 e. The zero-order valence-corrected chi connectivity index (χ0v) is 12.1. The molecule has 0 aliphatic carbocycles. The Morgan fingerprint density at radius 3 is 2.48 bits per heavy atom. The standard InChI is InChI=1S/C13H19F3N4O/c1-12(2,3)20-11(21)4-5-18-9-6-10(13(14,15)16)19-7-8(9)17/h6-7H,4-5,17H2,1-3H3,(H,18,19)(H,20,21). The van der Waals surface area contributed by atoms with Gasteiger partial charge in [0, 0.05) is 18.5 Å². The van der Waals surface area contributed by atoms with Gasteiger partial charge in [0.1, 0.15) is 5.69 Å². The quantitative estimate of drug-likeness (QED) is 0.798. The van der Waals surface area contributed by atoms with Crippen molar-refractivity contribution in [3.8, 4) is 0 Å². The molecule has 5 nitrogen and oxygen atoms in total.